The number of hydrogen-bond acceptors (Lipinski definition) is 4. The molecule has 2 N–H and O–H groups in total. The Morgan fingerprint density at radius 2 is 2.28 bits per heavy atom. The number of carbonyl (C=O) groups excluding carboxylic acids is 2. The second-order valence-corrected chi connectivity index (χ2v) is 6.14. The maximum atomic E-state index is 12.1. The molecule has 1 saturated heterocycles. The monoisotopic (exact) mass is 345 g/mol. The Kier molecular flexibility index (Phi) is 5.42. The van der Waals surface area contributed by atoms with E-state index < -0.39 is 6.09 Å². The molecule has 1 atom stereocenters. The topological polar surface area (TPSA) is 79.9 Å². The Morgan fingerprint density at radius 3 is 2.96 bits per heavy atom. The van der Waals surface area contributed by atoms with Crippen molar-refractivity contribution in [3.63, 3.8) is 0 Å². The van der Waals surface area contributed by atoms with Gasteiger partial charge in [0.1, 0.15) is 12.4 Å². The SMILES string of the molecule is COc1cc(NC(=O)NCC2CC=CCC2)ccc1N1CCOC1=O. The van der Waals surface area contributed by atoms with Gasteiger partial charge in [0.05, 0.1) is 19.3 Å². The molecule has 1 aliphatic heterocycles. The molecule has 7 heteroatoms. The summed E-state index contributed by atoms with van der Waals surface area (Å²) in [6, 6.07) is 4.94. The summed E-state index contributed by atoms with van der Waals surface area (Å²) in [5.74, 6) is 1.00. The lowest BCUT2D eigenvalue weighted by Crippen LogP contribution is -2.33. The standard InChI is InChI=1S/C18H23N3O4/c1-24-16-11-14(7-8-15(16)21-9-10-25-18(21)23)20-17(22)19-12-13-5-3-2-4-6-13/h2-3,7-8,11,13H,4-6,9-10,12H2,1H3,(H2,19,20,22). The quantitative estimate of drug-likeness (QED) is 0.804. The van der Waals surface area contributed by atoms with Crippen LogP contribution in [0.3, 0.4) is 0 Å². The van der Waals surface area contributed by atoms with E-state index in [9.17, 15) is 9.59 Å². The van der Waals surface area contributed by atoms with Crippen molar-refractivity contribution in [3.05, 3.63) is 30.4 Å². The van der Waals surface area contributed by atoms with Crippen LogP contribution in [0.1, 0.15) is 19.3 Å². The third-order valence-electron chi connectivity index (χ3n) is 4.42. The molecule has 134 valence electrons. The molecule has 3 rings (SSSR count). The highest BCUT2D eigenvalue weighted by Gasteiger charge is 2.26. The fourth-order valence-corrected chi connectivity index (χ4v) is 3.04. The van der Waals surface area contributed by atoms with Crippen molar-refractivity contribution in [2.45, 2.75) is 19.3 Å². The summed E-state index contributed by atoms with van der Waals surface area (Å²) in [4.78, 5) is 25.3. The molecule has 1 aliphatic carbocycles. The van der Waals surface area contributed by atoms with Gasteiger partial charge in [0.2, 0.25) is 0 Å². The first-order chi connectivity index (χ1) is 12.2. The fourth-order valence-electron chi connectivity index (χ4n) is 3.04. The van der Waals surface area contributed by atoms with E-state index in [0.717, 1.165) is 19.3 Å². The molecular weight excluding hydrogens is 322 g/mol. The van der Waals surface area contributed by atoms with Gasteiger partial charge in [-0.3, -0.25) is 4.90 Å². The molecule has 0 aromatic heterocycles. The Labute approximate surface area is 147 Å². The van der Waals surface area contributed by atoms with Gasteiger partial charge >= 0.3 is 12.1 Å². The first-order valence-electron chi connectivity index (χ1n) is 8.49. The summed E-state index contributed by atoms with van der Waals surface area (Å²) in [7, 11) is 1.53. The summed E-state index contributed by atoms with van der Waals surface area (Å²) in [5.41, 5.74) is 1.24. The van der Waals surface area contributed by atoms with Gasteiger partial charge in [-0.15, -0.1) is 0 Å². The van der Waals surface area contributed by atoms with Gasteiger partial charge < -0.3 is 20.1 Å². The van der Waals surface area contributed by atoms with Crippen molar-refractivity contribution in [2.24, 2.45) is 5.92 Å². The number of carbonyl (C=O) groups is 2. The van der Waals surface area contributed by atoms with Crippen molar-refractivity contribution in [3.8, 4) is 5.75 Å². The van der Waals surface area contributed by atoms with Gasteiger partial charge in [-0.25, -0.2) is 9.59 Å². The lowest BCUT2D eigenvalue weighted by atomic mass is 9.94. The van der Waals surface area contributed by atoms with E-state index in [1.807, 2.05) is 0 Å². The van der Waals surface area contributed by atoms with E-state index >= 15 is 0 Å². The highest BCUT2D eigenvalue weighted by atomic mass is 16.6. The molecule has 0 radical (unpaired) electrons. The second-order valence-electron chi connectivity index (χ2n) is 6.14. The van der Waals surface area contributed by atoms with E-state index in [0.29, 0.717) is 42.7 Å². The van der Waals surface area contributed by atoms with Crippen LogP contribution in [0.4, 0.5) is 21.0 Å². The Morgan fingerprint density at radius 1 is 1.40 bits per heavy atom. The van der Waals surface area contributed by atoms with E-state index in [-0.39, 0.29) is 6.03 Å². The van der Waals surface area contributed by atoms with Crippen molar-refractivity contribution in [1.29, 1.82) is 0 Å². The number of nitrogens with zero attached hydrogens (tertiary/aromatic N) is 1. The van der Waals surface area contributed by atoms with E-state index in [4.69, 9.17) is 9.47 Å². The largest absolute Gasteiger partial charge is 0.494 e. The molecule has 1 aromatic rings. The Hall–Kier alpha value is -2.70. The summed E-state index contributed by atoms with van der Waals surface area (Å²) in [6.45, 7) is 1.50. The van der Waals surface area contributed by atoms with Gasteiger partial charge in [-0.1, -0.05) is 12.2 Å². The maximum absolute atomic E-state index is 12.1. The summed E-state index contributed by atoms with van der Waals surface area (Å²) in [6.07, 6.45) is 7.14. The minimum absolute atomic E-state index is 0.245. The maximum Gasteiger partial charge on any atom is 0.414 e. The number of hydrogen-bond donors (Lipinski definition) is 2. The van der Waals surface area contributed by atoms with Gasteiger partial charge in [-0.05, 0) is 37.3 Å². The second kappa shape index (κ2) is 7.92. The van der Waals surface area contributed by atoms with Crippen LogP contribution in [-0.2, 0) is 4.74 Å². The van der Waals surface area contributed by atoms with Gasteiger partial charge in [-0.2, -0.15) is 0 Å². The van der Waals surface area contributed by atoms with Crippen LogP contribution in [0.5, 0.6) is 5.75 Å². The van der Waals surface area contributed by atoms with Crippen molar-refractivity contribution < 1.29 is 19.1 Å². The predicted molar refractivity (Wildman–Crippen MR) is 95.2 cm³/mol. The molecule has 1 unspecified atom stereocenters. The molecule has 3 amide bonds. The lowest BCUT2D eigenvalue weighted by Gasteiger charge is -2.19. The number of anilines is 2. The normalized spacial score (nSPS) is 19.5. The van der Waals surface area contributed by atoms with Crippen LogP contribution >= 0.6 is 0 Å². The molecule has 25 heavy (non-hydrogen) atoms. The molecule has 1 heterocycles. The van der Waals surface area contributed by atoms with Crippen molar-refractivity contribution in [2.75, 3.05) is 37.0 Å². The average molecular weight is 345 g/mol. The van der Waals surface area contributed by atoms with Crippen LogP contribution in [0.25, 0.3) is 0 Å². The van der Waals surface area contributed by atoms with Gasteiger partial charge in [0.15, 0.2) is 0 Å². The highest BCUT2D eigenvalue weighted by Crippen LogP contribution is 2.32. The molecule has 0 spiro atoms. The minimum atomic E-state index is -0.390. The van der Waals surface area contributed by atoms with E-state index in [1.54, 1.807) is 18.2 Å². The van der Waals surface area contributed by atoms with Gasteiger partial charge in [0.25, 0.3) is 0 Å². The number of rotatable bonds is 5. The summed E-state index contributed by atoms with van der Waals surface area (Å²) >= 11 is 0. The third-order valence-corrected chi connectivity index (χ3v) is 4.42. The molecule has 1 aromatic carbocycles. The number of ether oxygens (including phenoxy) is 2. The van der Waals surface area contributed by atoms with Crippen molar-refractivity contribution in [1.82, 2.24) is 5.32 Å². The number of urea groups is 1. The molecule has 0 saturated carbocycles. The van der Waals surface area contributed by atoms with Crippen LogP contribution in [0, 0.1) is 5.92 Å². The number of allylic oxidation sites excluding steroid dienone is 2. The molecular formula is C18H23N3O4. The van der Waals surface area contributed by atoms with Crippen molar-refractivity contribution >= 4 is 23.5 Å². The fraction of sp³-hybridized carbons (Fsp3) is 0.444. The average Bonchev–Trinajstić information content (AvgIpc) is 3.06. The van der Waals surface area contributed by atoms with E-state index in [1.165, 1.54) is 12.0 Å². The van der Waals surface area contributed by atoms with E-state index in [2.05, 4.69) is 22.8 Å². The first kappa shape index (κ1) is 17.1. The minimum Gasteiger partial charge on any atom is -0.494 e. The first-order valence-corrected chi connectivity index (χ1v) is 8.49. The van der Waals surface area contributed by atoms with Crippen LogP contribution < -0.4 is 20.3 Å². The number of nitrogens with one attached hydrogen (secondary N) is 2. The molecule has 1 fully saturated rings. The Balaban J connectivity index is 1.59. The Bertz CT molecular complexity index is 674. The summed E-state index contributed by atoms with van der Waals surface area (Å²) in [5, 5.41) is 5.71. The van der Waals surface area contributed by atoms with Crippen LogP contribution in [0.15, 0.2) is 30.4 Å². The number of amides is 3. The smallest absolute Gasteiger partial charge is 0.414 e. The number of cyclic esters (lactones) is 1. The zero-order valence-electron chi connectivity index (χ0n) is 14.3. The van der Waals surface area contributed by atoms with Gasteiger partial charge in [0, 0.05) is 18.3 Å². The van der Waals surface area contributed by atoms with Crippen LogP contribution in [0.2, 0.25) is 0 Å². The molecule has 2 aliphatic rings. The zero-order valence-corrected chi connectivity index (χ0v) is 14.3. The number of benzene rings is 1. The zero-order chi connectivity index (χ0) is 17.6. The third kappa shape index (κ3) is 4.23. The predicted octanol–water partition coefficient (Wildman–Crippen LogP) is 3.13. The number of methoxy groups -OCH3 is 1. The lowest BCUT2D eigenvalue weighted by molar-refractivity contribution is 0.181. The molecule has 7 nitrogen and oxygen atoms in total. The molecule has 0 bridgehead atoms. The highest BCUT2D eigenvalue weighted by molar-refractivity contribution is 5.93. The van der Waals surface area contributed by atoms with Crippen LogP contribution in [-0.4, -0.2) is 38.9 Å². The summed E-state index contributed by atoms with van der Waals surface area (Å²) < 4.78 is 10.3.